The Balaban J connectivity index is 1.51. The zero-order valence-corrected chi connectivity index (χ0v) is 24.1. The standard InChI is InChI=1S/C32H40FN5O3/c1-4-26-20-37(28(29(34)39)19-22-9-12-23-7-5-6-8-24(23)17-22)15-16-38(26)30(40)27(36-31(41)32(2,3)35)18-21-10-13-25(33)14-11-21/h5-14,17,26-28H,4,15-16,18-20,35H2,1-3H3,(H2,34,39)(H,36,41)/p+1. The summed E-state index contributed by atoms with van der Waals surface area (Å²) in [4.78, 5) is 43.4. The first-order valence-electron chi connectivity index (χ1n) is 14.2. The van der Waals surface area contributed by atoms with Crippen molar-refractivity contribution in [3.05, 3.63) is 83.7 Å². The van der Waals surface area contributed by atoms with Crippen LogP contribution in [0.15, 0.2) is 66.7 Å². The smallest absolute Gasteiger partial charge is 0.326 e. The number of carbonyl (C=O) groups excluding carboxylic acids is 3. The molecule has 0 aliphatic carbocycles. The zero-order chi connectivity index (χ0) is 29.7. The van der Waals surface area contributed by atoms with Gasteiger partial charge in [0.1, 0.15) is 17.9 Å². The molecule has 1 saturated heterocycles. The topological polar surface area (TPSA) is 123 Å². The number of carbonyl (C=O) groups is 3. The summed E-state index contributed by atoms with van der Waals surface area (Å²) in [7, 11) is 0. The van der Waals surface area contributed by atoms with E-state index in [1.165, 1.54) is 12.1 Å². The Morgan fingerprint density at radius 2 is 1.66 bits per heavy atom. The molecule has 3 unspecified atom stereocenters. The molecule has 3 aromatic carbocycles. The third-order valence-electron chi connectivity index (χ3n) is 7.87. The van der Waals surface area contributed by atoms with E-state index in [1.54, 1.807) is 30.9 Å². The van der Waals surface area contributed by atoms with Gasteiger partial charge in [-0.1, -0.05) is 61.5 Å². The monoisotopic (exact) mass is 562 g/mol. The van der Waals surface area contributed by atoms with E-state index in [-0.39, 0.29) is 30.1 Å². The normalized spacial score (nSPS) is 17.7. The molecule has 9 heteroatoms. The summed E-state index contributed by atoms with van der Waals surface area (Å²) < 4.78 is 13.5. The SMILES string of the molecule is CCC1CN(C(Cc2ccc3ccccc3c2)C([NH3+])=O)CCN1C(=O)C(Cc1ccc(F)cc1)NC(=O)C(C)(C)N. The molecule has 6 N–H and O–H groups in total. The van der Waals surface area contributed by atoms with Crippen molar-refractivity contribution in [2.24, 2.45) is 5.73 Å². The summed E-state index contributed by atoms with van der Waals surface area (Å²) in [5.41, 5.74) is 10.4. The van der Waals surface area contributed by atoms with Gasteiger partial charge < -0.3 is 16.0 Å². The van der Waals surface area contributed by atoms with E-state index in [0.717, 1.165) is 21.9 Å². The molecule has 0 spiro atoms. The van der Waals surface area contributed by atoms with Gasteiger partial charge in [0, 0.05) is 38.5 Å². The average Bonchev–Trinajstić information content (AvgIpc) is 2.95. The quantitative estimate of drug-likeness (QED) is 0.349. The summed E-state index contributed by atoms with van der Waals surface area (Å²) in [5, 5.41) is 5.10. The zero-order valence-electron chi connectivity index (χ0n) is 24.1. The Hall–Kier alpha value is -3.66. The molecule has 1 fully saturated rings. The van der Waals surface area contributed by atoms with Gasteiger partial charge in [-0.3, -0.25) is 20.2 Å². The summed E-state index contributed by atoms with van der Waals surface area (Å²) in [6.07, 6.45) is 1.42. The number of hydrogen-bond acceptors (Lipinski definition) is 5. The maximum Gasteiger partial charge on any atom is 0.326 e. The summed E-state index contributed by atoms with van der Waals surface area (Å²) in [6, 6.07) is 18.8. The summed E-state index contributed by atoms with van der Waals surface area (Å²) in [6.45, 7) is 6.60. The lowest BCUT2D eigenvalue weighted by Crippen LogP contribution is -2.70. The van der Waals surface area contributed by atoms with Crippen molar-refractivity contribution < 1.29 is 24.5 Å². The van der Waals surface area contributed by atoms with Crippen molar-refractivity contribution in [3.8, 4) is 0 Å². The number of benzene rings is 3. The van der Waals surface area contributed by atoms with Gasteiger partial charge in [-0.15, -0.1) is 0 Å². The number of fused-ring (bicyclic) bond motifs is 1. The van der Waals surface area contributed by atoms with Crippen LogP contribution < -0.4 is 16.8 Å². The number of hydrogen-bond donors (Lipinski definition) is 3. The van der Waals surface area contributed by atoms with Crippen LogP contribution in [-0.4, -0.2) is 70.8 Å². The second-order valence-electron chi connectivity index (χ2n) is 11.5. The van der Waals surface area contributed by atoms with Crippen molar-refractivity contribution in [1.29, 1.82) is 0 Å². The highest BCUT2D eigenvalue weighted by Gasteiger charge is 2.39. The van der Waals surface area contributed by atoms with Gasteiger partial charge in [0.2, 0.25) is 11.8 Å². The molecular formula is C32H41FN5O3+. The van der Waals surface area contributed by atoms with Crippen LogP contribution in [0.25, 0.3) is 10.8 Å². The number of nitrogens with zero attached hydrogens (tertiary/aromatic N) is 2. The van der Waals surface area contributed by atoms with E-state index < -0.39 is 23.5 Å². The van der Waals surface area contributed by atoms with E-state index >= 15 is 0 Å². The van der Waals surface area contributed by atoms with Crippen LogP contribution in [0.5, 0.6) is 0 Å². The number of piperazine rings is 1. The highest BCUT2D eigenvalue weighted by atomic mass is 19.1. The molecule has 41 heavy (non-hydrogen) atoms. The highest BCUT2D eigenvalue weighted by Crippen LogP contribution is 2.22. The molecule has 4 rings (SSSR count). The Kier molecular flexibility index (Phi) is 9.53. The molecule has 1 aliphatic heterocycles. The Labute approximate surface area is 240 Å². The van der Waals surface area contributed by atoms with Crippen LogP contribution in [0.3, 0.4) is 0 Å². The Morgan fingerprint density at radius 3 is 2.29 bits per heavy atom. The first-order chi connectivity index (χ1) is 19.5. The molecule has 8 nitrogen and oxygen atoms in total. The largest absolute Gasteiger partial charge is 0.342 e. The van der Waals surface area contributed by atoms with Gasteiger partial charge in [0.05, 0.1) is 5.54 Å². The van der Waals surface area contributed by atoms with Gasteiger partial charge in [-0.25, -0.2) is 9.18 Å². The lowest BCUT2D eigenvalue weighted by atomic mass is 9.97. The first-order valence-corrected chi connectivity index (χ1v) is 14.2. The summed E-state index contributed by atoms with van der Waals surface area (Å²) >= 11 is 0. The second-order valence-corrected chi connectivity index (χ2v) is 11.5. The van der Waals surface area contributed by atoms with Crippen LogP contribution in [0.1, 0.15) is 38.3 Å². The minimum absolute atomic E-state index is 0.153. The van der Waals surface area contributed by atoms with E-state index in [2.05, 4.69) is 46.3 Å². The van der Waals surface area contributed by atoms with Crippen LogP contribution in [0, 0.1) is 5.82 Å². The number of rotatable bonds is 10. The molecule has 3 aromatic rings. The highest BCUT2D eigenvalue weighted by molar-refractivity contribution is 5.92. The molecule has 0 aromatic heterocycles. The predicted molar refractivity (Wildman–Crippen MR) is 157 cm³/mol. The Bertz CT molecular complexity index is 1390. The maximum absolute atomic E-state index is 13.9. The molecule has 3 atom stereocenters. The number of halogens is 1. The van der Waals surface area contributed by atoms with Crippen LogP contribution >= 0.6 is 0 Å². The van der Waals surface area contributed by atoms with E-state index in [0.29, 0.717) is 32.5 Å². The molecule has 0 saturated carbocycles. The van der Waals surface area contributed by atoms with Crippen molar-refractivity contribution >= 4 is 28.5 Å². The Morgan fingerprint density at radius 1 is 1.00 bits per heavy atom. The van der Waals surface area contributed by atoms with E-state index in [4.69, 9.17) is 5.73 Å². The molecule has 1 heterocycles. The van der Waals surface area contributed by atoms with Crippen molar-refractivity contribution in [1.82, 2.24) is 15.1 Å². The van der Waals surface area contributed by atoms with Gasteiger partial charge in [0.15, 0.2) is 0 Å². The molecule has 218 valence electrons. The minimum atomic E-state index is -1.17. The number of amides is 3. The molecule has 0 bridgehead atoms. The predicted octanol–water partition coefficient (Wildman–Crippen LogP) is 2.05. The number of quaternary nitrogens is 1. The number of nitrogens with two attached hydrogens (primary N) is 1. The van der Waals surface area contributed by atoms with E-state index in [1.807, 2.05) is 19.1 Å². The van der Waals surface area contributed by atoms with Crippen LogP contribution in [0.2, 0.25) is 0 Å². The fourth-order valence-electron chi connectivity index (χ4n) is 5.44. The lowest BCUT2D eigenvalue weighted by Gasteiger charge is -2.44. The molecule has 1 aliphatic rings. The molecule has 3 amide bonds. The molecule has 0 radical (unpaired) electrons. The van der Waals surface area contributed by atoms with Gasteiger partial charge in [0.25, 0.3) is 0 Å². The van der Waals surface area contributed by atoms with Crippen molar-refractivity contribution in [3.63, 3.8) is 0 Å². The first kappa shape index (κ1) is 30.3. The van der Waals surface area contributed by atoms with Gasteiger partial charge in [-0.2, -0.15) is 0 Å². The lowest BCUT2D eigenvalue weighted by molar-refractivity contribution is -0.312. The van der Waals surface area contributed by atoms with Gasteiger partial charge in [-0.05, 0) is 54.3 Å². The minimum Gasteiger partial charge on any atom is -0.342 e. The maximum atomic E-state index is 13.9. The van der Waals surface area contributed by atoms with Crippen molar-refractivity contribution in [2.45, 2.75) is 63.7 Å². The van der Waals surface area contributed by atoms with Crippen LogP contribution in [0.4, 0.5) is 4.39 Å². The average molecular weight is 563 g/mol. The fraction of sp³-hybridized carbons (Fsp3) is 0.406. The van der Waals surface area contributed by atoms with E-state index in [9.17, 15) is 18.8 Å². The molecular weight excluding hydrogens is 521 g/mol. The number of nitrogens with one attached hydrogen (secondary N) is 1. The third-order valence-corrected chi connectivity index (χ3v) is 7.87. The second kappa shape index (κ2) is 12.9. The van der Waals surface area contributed by atoms with Crippen molar-refractivity contribution in [2.75, 3.05) is 19.6 Å². The van der Waals surface area contributed by atoms with Gasteiger partial charge >= 0.3 is 5.91 Å². The van der Waals surface area contributed by atoms with Crippen LogP contribution in [-0.2, 0) is 27.2 Å². The third kappa shape index (κ3) is 7.55. The fourth-order valence-corrected chi connectivity index (χ4v) is 5.44. The summed E-state index contributed by atoms with van der Waals surface area (Å²) in [5.74, 6) is -1.18.